The van der Waals surface area contributed by atoms with Gasteiger partial charge in [0.05, 0.1) is 10.9 Å². The van der Waals surface area contributed by atoms with E-state index in [4.69, 9.17) is 0 Å². The highest BCUT2D eigenvalue weighted by Gasteiger charge is 2.36. The van der Waals surface area contributed by atoms with E-state index in [1.165, 1.54) is 0 Å². The number of hydrogen-bond donors (Lipinski definition) is 0. The van der Waals surface area contributed by atoms with E-state index in [2.05, 4.69) is 20.8 Å². The molecule has 1 aliphatic rings. The molecule has 0 spiro atoms. The van der Waals surface area contributed by atoms with Crippen molar-refractivity contribution >= 4 is 26.0 Å². The number of nitrogens with zero attached hydrogens (tertiary/aromatic N) is 2. The molecule has 0 saturated carbocycles. The van der Waals surface area contributed by atoms with E-state index in [1.54, 1.807) is 10.4 Å². The fraction of sp³-hybridized carbons (Fsp3) is 0.333. The summed E-state index contributed by atoms with van der Waals surface area (Å²) in [6.45, 7) is 3.75. The Bertz CT molecular complexity index is 824. The van der Waals surface area contributed by atoms with Crippen LogP contribution in [0.4, 0.5) is 0 Å². The first-order chi connectivity index (χ1) is 11.4. The molecule has 1 unspecified atom stereocenters. The van der Waals surface area contributed by atoms with Gasteiger partial charge >= 0.3 is 0 Å². The van der Waals surface area contributed by atoms with Gasteiger partial charge in [-0.3, -0.25) is 0 Å². The monoisotopic (exact) mass is 408 g/mol. The highest BCUT2D eigenvalue weighted by Crippen LogP contribution is 2.32. The van der Waals surface area contributed by atoms with Gasteiger partial charge in [-0.1, -0.05) is 52.3 Å². The van der Waals surface area contributed by atoms with Crippen molar-refractivity contribution in [2.45, 2.75) is 17.9 Å². The van der Waals surface area contributed by atoms with Gasteiger partial charge in [-0.25, -0.2) is 8.42 Å². The fourth-order valence-corrected chi connectivity index (χ4v) is 5.48. The van der Waals surface area contributed by atoms with Crippen LogP contribution in [0, 0.1) is 6.92 Å². The molecule has 24 heavy (non-hydrogen) atoms. The lowest BCUT2D eigenvalue weighted by atomic mass is 10.1. The van der Waals surface area contributed by atoms with Crippen molar-refractivity contribution in [2.75, 3.05) is 26.7 Å². The molecule has 1 heterocycles. The Hall–Kier alpha value is -1.21. The van der Waals surface area contributed by atoms with Crippen LogP contribution < -0.4 is 0 Å². The first-order valence-corrected chi connectivity index (χ1v) is 10.1. The van der Waals surface area contributed by atoms with E-state index >= 15 is 0 Å². The number of aryl methyl sites for hydroxylation is 1. The van der Waals surface area contributed by atoms with Crippen LogP contribution in [0.2, 0.25) is 0 Å². The molecule has 2 aromatic rings. The molecule has 128 valence electrons. The number of likely N-dealkylation sites (N-methyl/N-ethyl adjacent to an activating group) is 1. The summed E-state index contributed by atoms with van der Waals surface area (Å²) in [6, 6.07) is 15.1. The third kappa shape index (κ3) is 3.42. The molecular weight excluding hydrogens is 388 g/mol. The number of hydrogen-bond acceptors (Lipinski definition) is 3. The molecule has 6 heteroatoms. The Morgan fingerprint density at radius 1 is 1.08 bits per heavy atom. The van der Waals surface area contributed by atoms with E-state index in [0.717, 1.165) is 22.1 Å². The second-order valence-corrected chi connectivity index (χ2v) is 8.99. The molecule has 0 N–H and O–H groups in total. The maximum absolute atomic E-state index is 13.3. The van der Waals surface area contributed by atoms with Gasteiger partial charge in [-0.15, -0.1) is 0 Å². The van der Waals surface area contributed by atoms with Crippen LogP contribution in [-0.2, 0) is 10.0 Å². The highest BCUT2D eigenvalue weighted by molar-refractivity contribution is 9.10. The van der Waals surface area contributed by atoms with Gasteiger partial charge in [0.1, 0.15) is 0 Å². The number of rotatable bonds is 3. The van der Waals surface area contributed by atoms with Gasteiger partial charge < -0.3 is 4.90 Å². The summed E-state index contributed by atoms with van der Waals surface area (Å²) in [4.78, 5) is 2.56. The van der Waals surface area contributed by atoms with E-state index < -0.39 is 10.0 Å². The Balaban J connectivity index is 2.05. The zero-order valence-corrected chi connectivity index (χ0v) is 16.2. The molecule has 1 saturated heterocycles. The average Bonchev–Trinajstić information content (AvgIpc) is 2.57. The van der Waals surface area contributed by atoms with E-state index in [1.807, 2.05) is 56.4 Å². The predicted octanol–water partition coefficient (Wildman–Crippen LogP) is 3.43. The third-order valence-corrected chi connectivity index (χ3v) is 7.00. The second kappa shape index (κ2) is 6.96. The van der Waals surface area contributed by atoms with Gasteiger partial charge in [0, 0.05) is 24.1 Å². The quantitative estimate of drug-likeness (QED) is 0.780. The van der Waals surface area contributed by atoms with Gasteiger partial charge in [0.15, 0.2) is 0 Å². The minimum atomic E-state index is -3.56. The number of benzene rings is 2. The highest BCUT2D eigenvalue weighted by atomic mass is 79.9. The van der Waals surface area contributed by atoms with Crippen molar-refractivity contribution in [1.82, 2.24) is 9.21 Å². The molecule has 2 aromatic carbocycles. The lowest BCUT2D eigenvalue weighted by Crippen LogP contribution is -2.49. The average molecular weight is 409 g/mol. The van der Waals surface area contributed by atoms with Crippen LogP contribution in [0.15, 0.2) is 57.9 Å². The molecule has 3 rings (SSSR count). The van der Waals surface area contributed by atoms with Crippen LogP contribution in [0.3, 0.4) is 0 Å². The molecular formula is C18H21BrN2O2S. The molecule has 1 aliphatic heterocycles. The van der Waals surface area contributed by atoms with E-state index in [9.17, 15) is 8.42 Å². The molecule has 1 fully saturated rings. The SMILES string of the molecule is Cc1ccc(Br)cc1S(=O)(=O)N1CCN(C)CC1c1ccccc1. The molecule has 0 aliphatic carbocycles. The molecule has 0 amide bonds. The van der Waals surface area contributed by atoms with Crippen LogP contribution in [0.25, 0.3) is 0 Å². The summed E-state index contributed by atoms with van der Waals surface area (Å²) < 4.78 is 29.1. The Morgan fingerprint density at radius 3 is 2.50 bits per heavy atom. The lowest BCUT2D eigenvalue weighted by molar-refractivity contribution is 0.160. The molecule has 0 aromatic heterocycles. The Labute approximate surface area is 152 Å². The summed E-state index contributed by atoms with van der Waals surface area (Å²) in [5, 5.41) is 0. The zero-order valence-electron chi connectivity index (χ0n) is 13.8. The second-order valence-electron chi connectivity index (χ2n) is 6.21. The summed E-state index contributed by atoms with van der Waals surface area (Å²) in [6.07, 6.45) is 0. The first-order valence-electron chi connectivity index (χ1n) is 7.91. The lowest BCUT2D eigenvalue weighted by Gasteiger charge is -2.39. The molecule has 0 radical (unpaired) electrons. The van der Waals surface area contributed by atoms with Crippen LogP contribution in [-0.4, -0.2) is 44.3 Å². The smallest absolute Gasteiger partial charge is 0.244 e. The minimum Gasteiger partial charge on any atom is -0.303 e. The minimum absolute atomic E-state index is 0.173. The van der Waals surface area contributed by atoms with Crippen molar-refractivity contribution in [1.29, 1.82) is 0 Å². The molecule has 4 nitrogen and oxygen atoms in total. The van der Waals surface area contributed by atoms with Gasteiger partial charge in [0.2, 0.25) is 10.0 Å². The van der Waals surface area contributed by atoms with Crippen molar-refractivity contribution in [2.24, 2.45) is 0 Å². The third-order valence-electron chi connectivity index (χ3n) is 4.46. The summed E-state index contributed by atoms with van der Waals surface area (Å²) in [7, 11) is -1.53. The van der Waals surface area contributed by atoms with Crippen molar-refractivity contribution in [3.05, 3.63) is 64.1 Å². The van der Waals surface area contributed by atoms with Crippen LogP contribution >= 0.6 is 15.9 Å². The Kier molecular flexibility index (Phi) is 5.11. The van der Waals surface area contributed by atoms with Crippen molar-refractivity contribution < 1.29 is 8.42 Å². The maximum Gasteiger partial charge on any atom is 0.244 e. The normalized spacial score (nSPS) is 20.2. The van der Waals surface area contributed by atoms with Crippen LogP contribution in [0.1, 0.15) is 17.2 Å². The summed E-state index contributed by atoms with van der Waals surface area (Å²) in [5.41, 5.74) is 1.80. The maximum atomic E-state index is 13.3. The van der Waals surface area contributed by atoms with Gasteiger partial charge in [-0.05, 0) is 37.2 Å². The number of sulfonamides is 1. The topological polar surface area (TPSA) is 40.6 Å². The van der Waals surface area contributed by atoms with Crippen molar-refractivity contribution in [3.8, 4) is 0 Å². The largest absolute Gasteiger partial charge is 0.303 e. The zero-order chi connectivity index (χ0) is 17.3. The summed E-state index contributed by atoms with van der Waals surface area (Å²) in [5.74, 6) is 0. The predicted molar refractivity (Wildman–Crippen MR) is 99.5 cm³/mol. The number of piperazine rings is 1. The molecule has 1 atom stereocenters. The van der Waals surface area contributed by atoms with Crippen molar-refractivity contribution in [3.63, 3.8) is 0 Å². The first kappa shape index (κ1) is 17.6. The standard InChI is InChI=1S/C18H21BrN2O2S/c1-14-8-9-16(19)12-18(14)24(22,23)21-11-10-20(2)13-17(21)15-6-4-3-5-7-15/h3-9,12,17H,10-11,13H2,1-2H3. The van der Waals surface area contributed by atoms with E-state index in [0.29, 0.717) is 18.0 Å². The van der Waals surface area contributed by atoms with Gasteiger partial charge in [0.25, 0.3) is 0 Å². The number of halogens is 1. The summed E-state index contributed by atoms with van der Waals surface area (Å²) >= 11 is 3.39. The van der Waals surface area contributed by atoms with Crippen LogP contribution in [0.5, 0.6) is 0 Å². The Morgan fingerprint density at radius 2 is 1.79 bits per heavy atom. The van der Waals surface area contributed by atoms with E-state index in [-0.39, 0.29) is 6.04 Å². The fourth-order valence-electron chi connectivity index (χ4n) is 3.12. The molecule has 0 bridgehead atoms. The van der Waals surface area contributed by atoms with Gasteiger partial charge in [-0.2, -0.15) is 4.31 Å².